The third-order valence-corrected chi connectivity index (χ3v) is 3.04. The zero-order chi connectivity index (χ0) is 14.6. The average molecular weight is 284 g/mol. The lowest BCUT2D eigenvalue weighted by Crippen LogP contribution is -2.18. The second-order valence-corrected chi connectivity index (χ2v) is 6.70. The summed E-state index contributed by atoms with van der Waals surface area (Å²) in [4.78, 5) is 11.9. The van der Waals surface area contributed by atoms with Gasteiger partial charge in [-0.1, -0.05) is 39.3 Å². The van der Waals surface area contributed by atoms with Gasteiger partial charge >= 0.3 is 0 Å². The Morgan fingerprint density at radius 1 is 1.42 bits per heavy atom. The minimum Gasteiger partial charge on any atom is -0.506 e. The Kier molecular flexibility index (Phi) is 5.24. The Bertz CT molecular complexity index is 452. The number of nitrogens with one attached hydrogen (secondary N) is 1. The molecule has 19 heavy (non-hydrogen) atoms. The molecule has 1 atom stereocenters. The lowest BCUT2D eigenvalue weighted by atomic mass is 9.84. The molecule has 0 aliphatic rings. The largest absolute Gasteiger partial charge is 0.506 e. The Labute approximate surface area is 120 Å². The summed E-state index contributed by atoms with van der Waals surface area (Å²) in [5, 5.41) is 12.5. The van der Waals surface area contributed by atoms with E-state index in [0.717, 1.165) is 6.42 Å². The quantitative estimate of drug-likeness (QED) is 0.858. The smallest absolute Gasteiger partial charge is 0.224 e. The monoisotopic (exact) mass is 283 g/mol. The van der Waals surface area contributed by atoms with Crippen molar-refractivity contribution in [1.29, 1.82) is 0 Å². The molecule has 1 unspecified atom stereocenters. The van der Waals surface area contributed by atoms with Crippen molar-refractivity contribution in [2.45, 2.75) is 40.5 Å². The molecule has 1 aromatic carbocycles. The molecule has 0 saturated carbocycles. The molecule has 4 heteroatoms. The van der Waals surface area contributed by atoms with Gasteiger partial charge in [-0.15, -0.1) is 0 Å². The first-order chi connectivity index (χ1) is 8.67. The molecule has 1 aromatic rings. The number of benzene rings is 1. The molecule has 1 amide bonds. The predicted octanol–water partition coefficient (Wildman–Crippen LogP) is 4.45. The van der Waals surface area contributed by atoms with E-state index in [-0.39, 0.29) is 22.1 Å². The second-order valence-electron chi connectivity index (χ2n) is 6.29. The zero-order valence-electron chi connectivity index (χ0n) is 12.0. The van der Waals surface area contributed by atoms with Gasteiger partial charge in [0.25, 0.3) is 0 Å². The maximum Gasteiger partial charge on any atom is 0.224 e. The molecular weight excluding hydrogens is 262 g/mol. The molecule has 0 aliphatic carbocycles. The molecule has 0 radical (unpaired) electrons. The van der Waals surface area contributed by atoms with Crippen LogP contribution in [0.15, 0.2) is 18.2 Å². The van der Waals surface area contributed by atoms with E-state index in [1.165, 1.54) is 6.07 Å². The summed E-state index contributed by atoms with van der Waals surface area (Å²) < 4.78 is 0. The van der Waals surface area contributed by atoms with Crippen molar-refractivity contribution in [3.8, 4) is 5.75 Å². The molecular formula is C15H22ClNO2. The molecule has 0 fully saturated rings. The number of aromatic hydroxyl groups is 1. The fourth-order valence-corrected chi connectivity index (χ4v) is 2.35. The van der Waals surface area contributed by atoms with Crippen LogP contribution in [0.2, 0.25) is 5.02 Å². The van der Waals surface area contributed by atoms with Crippen LogP contribution in [0.5, 0.6) is 5.75 Å². The summed E-state index contributed by atoms with van der Waals surface area (Å²) in [5.41, 5.74) is 0.785. The van der Waals surface area contributed by atoms with Crippen LogP contribution in [0.3, 0.4) is 0 Å². The highest BCUT2D eigenvalue weighted by atomic mass is 35.5. The Morgan fingerprint density at radius 2 is 2.05 bits per heavy atom. The van der Waals surface area contributed by atoms with Gasteiger partial charge in [0.05, 0.1) is 5.02 Å². The van der Waals surface area contributed by atoms with E-state index >= 15 is 0 Å². The molecule has 1 rings (SSSR count). The van der Waals surface area contributed by atoms with Gasteiger partial charge in [0.2, 0.25) is 5.91 Å². The highest BCUT2D eigenvalue weighted by molar-refractivity contribution is 6.32. The van der Waals surface area contributed by atoms with Crippen LogP contribution in [-0.4, -0.2) is 11.0 Å². The molecule has 0 saturated heterocycles. The van der Waals surface area contributed by atoms with E-state index in [1.54, 1.807) is 12.1 Å². The van der Waals surface area contributed by atoms with Crippen LogP contribution >= 0.6 is 11.6 Å². The minimum absolute atomic E-state index is 0.0257. The van der Waals surface area contributed by atoms with Crippen molar-refractivity contribution in [3.63, 3.8) is 0 Å². The third kappa shape index (κ3) is 5.97. The van der Waals surface area contributed by atoms with E-state index in [0.29, 0.717) is 18.0 Å². The number of carbonyl (C=O) groups excluding carboxylic acids is 1. The van der Waals surface area contributed by atoms with Crippen molar-refractivity contribution in [3.05, 3.63) is 23.2 Å². The number of halogens is 1. The first kappa shape index (κ1) is 15.8. The van der Waals surface area contributed by atoms with Gasteiger partial charge in [0.15, 0.2) is 0 Å². The van der Waals surface area contributed by atoms with E-state index in [9.17, 15) is 9.90 Å². The van der Waals surface area contributed by atoms with Crippen molar-refractivity contribution in [2.75, 3.05) is 5.32 Å². The van der Waals surface area contributed by atoms with E-state index < -0.39 is 0 Å². The maximum absolute atomic E-state index is 11.9. The summed E-state index contributed by atoms with van der Waals surface area (Å²) >= 11 is 5.71. The van der Waals surface area contributed by atoms with E-state index in [1.807, 2.05) is 0 Å². The van der Waals surface area contributed by atoms with Crippen LogP contribution in [-0.2, 0) is 4.79 Å². The summed E-state index contributed by atoms with van der Waals surface area (Å²) in [6.07, 6.45) is 1.47. The second kappa shape index (κ2) is 6.29. The SMILES string of the molecule is CC(CC(=O)Nc1ccc(Cl)c(O)c1)CC(C)(C)C. The standard InChI is InChI=1S/C15H22ClNO2/c1-10(9-15(2,3)4)7-14(19)17-11-5-6-12(16)13(18)8-11/h5-6,8,10,18H,7,9H2,1-4H3,(H,17,19). The molecule has 0 aromatic heterocycles. The van der Waals surface area contributed by atoms with Crippen LogP contribution < -0.4 is 5.32 Å². The van der Waals surface area contributed by atoms with Crippen LogP contribution in [0.4, 0.5) is 5.69 Å². The number of phenolic OH excluding ortho intramolecular Hbond substituents is 1. The maximum atomic E-state index is 11.9. The van der Waals surface area contributed by atoms with Crippen molar-refractivity contribution >= 4 is 23.2 Å². The zero-order valence-corrected chi connectivity index (χ0v) is 12.7. The lowest BCUT2D eigenvalue weighted by molar-refractivity contribution is -0.117. The van der Waals surface area contributed by atoms with Crippen molar-refractivity contribution < 1.29 is 9.90 Å². The number of hydrogen-bond acceptors (Lipinski definition) is 2. The van der Waals surface area contributed by atoms with Crippen LogP contribution in [0.1, 0.15) is 40.5 Å². The van der Waals surface area contributed by atoms with E-state index in [2.05, 4.69) is 33.0 Å². The van der Waals surface area contributed by atoms with Crippen LogP contribution in [0, 0.1) is 11.3 Å². The normalized spacial score (nSPS) is 13.1. The number of anilines is 1. The van der Waals surface area contributed by atoms with Gasteiger partial charge < -0.3 is 10.4 Å². The minimum atomic E-state index is -0.0431. The molecule has 106 valence electrons. The highest BCUT2D eigenvalue weighted by Gasteiger charge is 2.17. The average Bonchev–Trinajstić information content (AvgIpc) is 2.20. The fraction of sp³-hybridized carbons (Fsp3) is 0.533. The Morgan fingerprint density at radius 3 is 2.58 bits per heavy atom. The summed E-state index contributed by atoms with van der Waals surface area (Å²) in [6, 6.07) is 4.69. The first-order valence-electron chi connectivity index (χ1n) is 6.46. The van der Waals surface area contributed by atoms with Crippen molar-refractivity contribution in [1.82, 2.24) is 0 Å². The van der Waals surface area contributed by atoms with Gasteiger partial charge in [0, 0.05) is 18.2 Å². The van der Waals surface area contributed by atoms with Gasteiger partial charge in [-0.3, -0.25) is 4.79 Å². The summed E-state index contributed by atoms with van der Waals surface area (Å²) in [6.45, 7) is 8.57. The predicted molar refractivity (Wildman–Crippen MR) is 79.6 cm³/mol. The number of phenols is 1. The number of amides is 1. The number of hydrogen-bond donors (Lipinski definition) is 2. The lowest BCUT2D eigenvalue weighted by Gasteiger charge is -2.22. The Hall–Kier alpha value is -1.22. The number of carbonyl (C=O) groups is 1. The molecule has 0 bridgehead atoms. The first-order valence-corrected chi connectivity index (χ1v) is 6.83. The Balaban J connectivity index is 2.53. The topological polar surface area (TPSA) is 49.3 Å². The summed E-state index contributed by atoms with van der Waals surface area (Å²) in [5.74, 6) is 0.251. The van der Waals surface area contributed by atoms with Gasteiger partial charge in [-0.2, -0.15) is 0 Å². The molecule has 0 heterocycles. The highest BCUT2D eigenvalue weighted by Crippen LogP contribution is 2.28. The molecule has 0 spiro atoms. The fourth-order valence-electron chi connectivity index (χ4n) is 2.24. The molecule has 0 aliphatic heterocycles. The van der Waals surface area contributed by atoms with Crippen molar-refractivity contribution in [2.24, 2.45) is 11.3 Å². The number of rotatable bonds is 4. The summed E-state index contributed by atoms with van der Waals surface area (Å²) in [7, 11) is 0. The van der Waals surface area contributed by atoms with Gasteiger partial charge in [0.1, 0.15) is 5.75 Å². The van der Waals surface area contributed by atoms with Gasteiger partial charge in [-0.25, -0.2) is 0 Å². The third-order valence-electron chi connectivity index (χ3n) is 2.72. The molecule has 3 nitrogen and oxygen atoms in total. The van der Waals surface area contributed by atoms with Gasteiger partial charge in [-0.05, 0) is 29.9 Å². The van der Waals surface area contributed by atoms with Crippen LogP contribution in [0.25, 0.3) is 0 Å². The molecule has 2 N–H and O–H groups in total. The van der Waals surface area contributed by atoms with E-state index in [4.69, 9.17) is 11.6 Å².